The Balaban J connectivity index is 1.30. The quantitative estimate of drug-likeness (QED) is 0.367. The number of fused-ring (bicyclic) bond motifs is 1. The van der Waals surface area contributed by atoms with E-state index in [0.717, 1.165) is 54.0 Å². The fourth-order valence-corrected chi connectivity index (χ4v) is 4.92. The van der Waals surface area contributed by atoms with Crippen molar-refractivity contribution in [3.8, 4) is 11.3 Å². The number of benzene rings is 3. The molecule has 1 aliphatic heterocycles. The van der Waals surface area contributed by atoms with Crippen molar-refractivity contribution in [2.24, 2.45) is 0 Å². The fourth-order valence-electron chi connectivity index (χ4n) is 4.03. The number of halogens is 1. The summed E-state index contributed by atoms with van der Waals surface area (Å²) in [4.78, 5) is 15.2. The van der Waals surface area contributed by atoms with Gasteiger partial charge in [-0.15, -0.1) is 10.2 Å². The number of carbonyl (C=O) groups is 1. The summed E-state index contributed by atoms with van der Waals surface area (Å²) in [5.41, 5.74) is 3.35. The minimum absolute atomic E-state index is 0.109. The number of ether oxygens (including phenoxy) is 1. The van der Waals surface area contributed by atoms with Crippen LogP contribution in [0, 0.1) is 5.82 Å². The zero-order chi connectivity index (χ0) is 24.2. The molecule has 6 nitrogen and oxygen atoms in total. The summed E-state index contributed by atoms with van der Waals surface area (Å²) in [6.45, 7) is 5.06. The maximum absolute atomic E-state index is 13.4. The number of rotatable bonds is 6. The van der Waals surface area contributed by atoms with Crippen LogP contribution in [0.5, 0.6) is 0 Å². The first-order valence-electron chi connectivity index (χ1n) is 11.5. The van der Waals surface area contributed by atoms with E-state index < -0.39 is 0 Å². The lowest BCUT2D eigenvalue weighted by Crippen LogP contribution is -2.36. The molecule has 35 heavy (non-hydrogen) atoms. The van der Waals surface area contributed by atoms with Gasteiger partial charge in [0, 0.05) is 40.8 Å². The summed E-state index contributed by atoms with van der Waals surface area (Å²) in [7, 11) is 0. The molecule has 2 heterocycles. The molecule has 178 valence electrons. The van der Waals surface area contributed by atoms with Crippen molar-refractivity contribution in [1.29, 1.82) is 0 Å². The van der Waals surface area contributed by atoms with Crippen molar-refractivity contribution < 1.29 is 13.9 Å². The van der Waals surface area contributed by atoms with Crippen molar-refractivity contribution in [3.05, 3.63) is 78.6 Å². The third-order valence-corrected chi connectivity index (χ3v) is 7.03. The van der Waals surface area contributed by atoms with E-state index in [-0.39, 0.29) is 17.0 Å². The van der Waals surface area contributed by atoms with Crippen LogP contribution in [-0.4, -0.2) is 47.7 Å². The van der Waals surface area contributed by atoms with E-state index in [9.17, 15) is 9.18 Å². The van der Waals surface area contributed by atoms with Gasteiger partial charge >= 0.3 is 0 Å². The average molecular weight is 489 g/mol. The van der Waals surface area contributed by atoms with Crippen LogP contribution in [-0.2, 0) is 9.53 Å². The van der Waals surface area contributed by atoms with Crippen LogP contribution in [0.15, 0.2) is 77.8 Å². The molecule has 1 aliphatic rings. The Kier molecular flexibility index (Phi) is 6.92. The van der Waals surface area contributed by atoms with Gasteiger partial charge in [0.2, 0.25) is 5.91 Å². The molecule has 1 aromatic heterocycles. The number of nitrogens with zero attached hydrogens (tertiary/aromatic N) is 3. The molecule has 1 saturated heterocycles. The Bertz CT molecular complexity index is 1330. The van der Waals surface area contributed by atoms with Gasteiger partial charge in [0.25, 0.3) is 0 Å². The van der Waals surface area contributed by atoms with Crippen molar-refractivity contribution in [2.75, 3.05) is 36.5 Å². The predicted octanol–water partition coefficient (Wildman–Crippen LogP) is 5.39. The van der Waals surface area contributed by atoms with Crippen LogP contribution in [0.1, 0.15) is 6.92 Å². The number of hydrogen-bond donors (Lipinski definition) is 1. The number of aromatic nitrogens is 2. The van der Waals surface area contributed by atoms with Crippen molar-refractivity contribution in [1.82, 2.24) is 10.2 Å². The molecular weight excluding hydrogens is 463 g/mol. The van der Waals surface area contributed by atoms with E-state index >= 15 is 0 Å². The molecule has 8 heteroatoms. The molecule has 0 radical (unpaired) electrons. The molecule has 0 unspecified atom stereocenters. The first-order valence-corrected chi connectivity index (χ1v) is 12.4. The van der Waals surface area contributed by atoms with E-state index in [0.29, 0.717) is 10.7 Å². The molecule has 0 aliphatic carbocycles. The molecule has 5 rings (SSSR count). The molecule has 0 bridgehead atoms. The normalized spacial score (nSPS) is 14.6. The van der Waals surface area contributed by atoms with E-state index in [2.05, 4.69) is 20.4 Å². The third-order valence-electron chi connectivity index (χ3n) is 5.94. The number of morpholine rings is 1. The van der Waals surface area contributed by atoms with E-state index in [1.54, 1.807) is 12.1 Å². The van der Waals surface area contributed by atoms with Crippen LogP contribution in [0.25, 0.3) is 22.0 Å². The van der Waals surface area contributed by atoms with E-state index in [1.165, 1.54) is 23.9 Å². The van der Waals surface area contributed by atoms with Gasteiger partial charge in [-0.2, -0.15) is 0 Å². The Morgan fingerprint density at radius 1 is 0.971 bits per heavy atom. The zero-order valence-electron chi connectivity index (χ0n) is 19.3. The maximum Gasteiger partial charge on any atom is 0.237 e. The van der Waals surface area contributed by atoms with Crippen LogP contribution in [0.4, 0.5) is 15.8 Å². The number of amides is 1. The van der Waals surface area contributed by atoms with Gasteiger partial charge in [-0.05, 0) is 55.5 Å². The zero-order valence-corrected chi connectivity index (χ0v) is 20.1. The van der Waals surface area contributed by atoms with Gasteiger partial charge in [0.1, 0.15) is 16.5 Å². The third kappa shape index (κ3) is 5.28. The molecule has 0 saturated carbocycles. The molecular formula is C27H25FN4O2S. The van der Waals surface area contributed by atoms with Crippen LogP contribution in [0.3, 0.4) is 0 Å². The standard InChI is InChI=1S/C27H25FN4O2S/c1-18(26(33)29-21-10-12-22(13-11-21)32-14-16-34-17-15-32)35-27-24-5-3-2-4-23(24)25(30-31-27)19-6-8-20(28)9-7-19/h2-13,18H,14-17H2,1H3,(H,29,33)/t18-/m1/s1. The van der Waals surface area contributed by atoms with Crippen LogP contribution in [0.2, 0.25) is 0 Å². The number of thioether (sulfide) groups is 1. The average Bonchev–Trinajstić information content (AvgIpc) is 2.90. The largest absolute Gasteiger partial charge is 0.378 e. The maximum atomic E-state index is 13.4. The number of carbonyl (C=O) groups excluding carboxylic acids is 1. The van der Waals surface area contributed by atoms with Gasteiger partial charge in [-0.3, -0.25) is 4.79 Å². The van der Waals surface area contributed by atoms with Gasteiger partial charge in [0.15, 0.2) is 0 Å². The van der Waals surface area contributed by atoms with Gasteiger partial charge in [-0.25, -0.2) is 4.39 Å². The second-order valence-corrected chi connectivity index (χ2v) is 9.63. The summed E-state index contributed by atoms with van der Waals surface area (Å²) in [6, 6.07) is 21.9. The Morgan fingerprint density at radius 2 is 1.66 bits per heavy atom. The number of hydrogen-bond acceptors (Lipinski definition) is 6. The Morgan fingerprint density at radius 3 is 2.37 bits per heavy atom. The lowest BCUT2D eigenvalue weighted by atomic mass is 10.1. The lowest BCUT2D eigenvalue weighted by molar-refractivity contribution is -0.115. The highest BCUT2D eigenvalue weighted by molar-refractivity contribution is 8.00. The molecule has 4 aromatic rings. The summed E-state index contributed by atoms with van der Waals surface area (Å²) >= 11 is 1.36. The summed E-state index contributed by atoms with van der Waals surface area (Å²) in [6.07, 6.45) is 0. The highest BCUT2D eigenvalue weighted by Gasteiger charge is 2.19. The molecule has 1 amide bonds. The SMILES string of the molecule is C[C@@H](Sc1nnc(-c2ccc(F)cc2)c2ccccc12)C(=O)Nc1ccc(N2CCOCC2)cc1. The monoisotopic (exact) mass is 488 g/mol. The van der Waals surface area contributed by atoms with Gasteiger partial charge < -0.3 is 15.0 Å². The number of anilines is 2. The second-order valence-electron chi connectivity index (χ2n) is 8.30. The van der Waals surface area contributed by atoms with Crippen LogP contribution < -0.4 is 10.2 Å². The smallest absolute Gasteiger partial charge is 0.237 e. The van der Waals surface area contributed by atoms with Crippen molar-refractivity contribution in [3.63, 3.8) is 0 Å². The topological polar surface area (TPSA) is 67.4 Å². The fraction of sp³-hybridized carbons (Fsp3) is 0.222. The Labute approximate surface area is 207 Å². The first kappa shape index (κ1) is 23.3. The van der Waals surface area contributed by atoms with E-state index in [1.807, 2.05) is 55.5 Å². The van der Waals surface area contributed by atoms with Crippen LogP contribution >= 0.6 is 11.8 Å². The van der Waals surface area contributed by atoms with Crippen molar-refractivity contribution in [2.45, 2.75) is 17.2 Å². The second kappa shape index (κ2) is 10.4. The highest BCUT2D eigenvalue weighted by Crippen LogP contribution is 2.33. The summed E-state index contributed by atoms with van der Waals surface area (Å²) in [5.74, 6) is -0.406. The van der Waals surface area contributed by atoms with Gasteiger partial charge in [-0.1, -0.05) is 36.0 Å². The highest BCUT2D eigenvalue weighted by atomic mass is 32.2. The number of nitrogens with one attached hydrogen (secondary N) is 1. The summed E-state index contributed by atoms with van der Waals surface area (Å²) in [5, 5.41) is 13.9. The van der Waals surface area contributed by atoms with Crippen molar-refractivity contribution >= 4 is 39.8 Å². The minimum atomic E-state index is -0.386. The van der Waals surface area contributed by atoms with E-state index in [4.69, 9.17) is 4.74 Å². The summed E-state index contributed by atoms with van der Waals surface area (Å²) < 4.78 is 18.8. The van der Waals surface area contributed by atoms with Gasteiger partial charge in [0.05, 0.1) is 18.5 Å². The molecule has 1 atom stereocenters. The first-order chi connectivity index (χ1) is 17.1. The molecule has 3 aromatic carbocycles. The molecule has 0 spiro atoms. The molecule has 1 fully saturated rings. The minimum Gasteiger partial charge on any atom is -0.378 e. The molecule has 1 N–H and O–H groups in total. The Hall–Kier alpha value is -3.49. The lowest BCUT2D eigenvalue weighted by Gasteiger charge is -2.28. The predicted molar refractivity (Wildman–Crippen MR) is 138 cm³/mol.